The molecule has 21 heavy (non-hydrogen) atoms. The molecule has 0 saturated heterocycles. The summed E-state index contributed by atoms with van der Waals surface area (Å²) in [5, 5.41) is 0.591. The number of hydrogen-bond donors (Lipinski definition) is 1. The molecule has 108 valence electrons. The molecule has 4 nitrogen and oxygen atoms in total. The Hall–Kier alpha value is -1.86. The Morgan fingerprint density at radius 1 is 1.14 bits per heavy atom. The van der Waals surface area contributed by atoms with Crippen molar-refractivity contribution in [3.05, 3.63) is 40.4 Å². The molecule has 2 heterocycles. The van der Waals surface area contributed by atoms with E-state index in [1.54, 1.807) is 0 Å². The van der Waals surface area contributed by atoms with Gasteiger partial charge in [0.25, 0.3) is 0 Å². The molecule has 0 atom stereocenters. The van der Waals surface area contributed by atoms with Crippen LogP contribution >= 0.6 is 23.2 Å². The number of halogens is 5. The van der Waals surface area contributed by atoms with E-state index in [0.29, 0.717) is 16.1 Å². The molecule has 0 aliphatic rings. The number of aromatic nitrogens is 4. The zero-order valence-corrected chi connectivity index (χ0v) is 11.6. The van der Waals surface area contributed by atoms with Crippen molar-refractivity contribution >= 4 is 34.2 Å². The second kappa shape index (κ2) is 4.85. The Labute approximate surface area is 126 Å². The van der Waals surface area contributed by atoms with E-state index < -0.39 is 11.9 Å². The predicted octanol–water partition coefficient (Wildman–Crippen LogP) is 4.35. The quantitative estimate of drug-likeness (QED) is 0.720. The van der Waals surface area contributed by atoms with Crippen LogP contribution in [0.5, 0.6) is 0 Å². The highest BCUT2D eigenvalue weighted by atomic mass is 35.5. The number of fused-ring (bicyclic) bond motifs is 1. The summed E-state index contributed by atoms with van der Waals surface area (Å²) in [6, 6.07) is 2.98. The fourth-order valence-corrected chi connectivity index (χ4v) is 2.43. The minimum absolute atomic E-state index is 0.0258. The molecular weight excluding hydrogens is 328 g/mol. The van der Waals surface area contributed by atoms with Gasteiger partial charge in [0.15, 0.2) is 5.69 Å². The van der Waals surface area contributed by atoms with Crippen molar-refractivity contribution in [3.63, 3.8) is 0 Å². The van der Waals surface area contributed by atoms with Crippen LogP contribution in [0, 0.1) is 0 Å². The van der Waals surface area contributed by atoms with Crippen LogP contribution in [-0.4, -0.2) is 19.9 Å². The lowest BCUT2D eigenvalue weighted by Crippen LogP contribution is -2.10. The molecule has 0 fully saturated rings. The third kappa shape index (κ3) is 2.54. The van der Waals surface area contributed by atoms with Gasteiger partial charge in [-0.2, -0.15) is 13.2 Å². The number of imidazole rings is 1. The van der Waals surface area contributed by atoms with Gasteiger partial charge in [-0.1, -0.05) is 23.2 Å². The summed E-state index contributed by atoms with van der Waals surface area (Å²) in [6.07, 6.45) is -2.74. The number of H-pyrrole nitrogens is 1. The van der Waals surface area contributed by atoms with Crippen LogP contribution in [0.2, 0.25) is 10.0 Å². The summed E-state index contributed by atoms with van der Waals surface area (Å²) in [7, 11) is 0. The Kier molecular flexibility index (Phi) is 3.26. The summed E-state index contributed by atoms with van der Waals surface area (Å²) in [5.74, 6) is -0.0258. The normalized spacial score (nSPS) is 12.0. The Morgan fingerprint density at radius 2 is 1.90 bits per heavy atom. The summed E-state index contributed by atoms with van der Waals surface area (Å²) >= 11 is 11.8. The number of nitrogens with zero attached hydrogens (tertiary/aromatic N) is 3. The molecule has 3 aromatic rings. The molecule has 1 N–H and O–H groups in total. The van der Waals surface area contributed by atoms with E-state index in [-0.39, 0.29) is 16.4 Å². The molecule has 3 rings (SSSR count). The molecule has 0 saturated carbocycles. The van der Waals surface area contributed by atoms with Crippen LogP contribution in [0.15, 0.2) is 24.7 Å². The van der Waals surface area contributed by atoms with Gasteiger partial charge in [-0.05, 0) is 12.1 Å². The summed E-state index contributed by atoms with van der Waals surface area (Å²) < 4.78 is 38.9. The Morgan fingerprint density at radius 3 is 2.62 bits per heavy atom. The first-order valence-electron chi connectivity index (χ1n) is 5.58. The predicted molar refractivity (Wildman–Crippen MR) is 72.1 cm³/mol. The van der Waals surface area contributed by atoms with E-state index >= 15 is 0 Å². The molecule has 9 heteroatoms. The Bertz CT molecular complexity index is 829. The summed E-state index contributed by atoms with van der Waals surface area (Å²) in [5.41, 5.74) is -0.570. The van der Waals surface area contributed by atoms with Crippen molar-refractivity contribution < 1.29 is 13.2 Å². The molecule has 1 aromatic carbocycles. The highest BCUT2D eigenvalue weighted by Gasteiger charge is 2.36. The van der Waals surface area contributed by atoms with Gasteiger partial charge in [0.05, 0.1) is 16.1 Å². The average Bonchev–Trinajstić information content (AvgIpc) is 2.81. The smallest absolute Gasteiger partial charge is 0.338 e. The Balaban J connectivity index is 2.25. The minimum Gasteiger partial charge on any atom is -0.338 e. The van der Waals surface area contributed by atoms with Crippen molar-refractivity contribution in [1.82, 2.24) is 19.9 Å². The SMILES string of the molecule is FC(F)(F)c1ncncc1-c1nc2c(Cl)cc(Cl)cc2[nH]1. The highest BCUT2D eigenvalue weighted by Crippen LogP contribution is 2.35. The van der Waals surface area contributed by atoms with Crippen LogP contribution in [0.25, 0.3) is 22.4 Å². The van der Waals surface area contributed by atoms with Crippen LogP contribution < -0.4 is 0 Å². The van der Waals surface area contributed by atoms with Gasteiger partial charge in [0, 0.05) is 11.2 Å². The first-order valence-corrected chi connectivity index (χ1v) is 6.34. The number of rotatable bonds is 1. The highest BCUT2D eigenvalue weighted by molar-refractivity contribution is 6.38. The van der Waals surface area contributed by atoms with Crippen molar-refractivity contribution in [2.45, 2.75) is 6.18 Å². The van der Waals surface area contributed by atoms with E-state index in [9.17, 15) is 13.2 Å². The molecule has 0 aliphatic carbocycles. The average molecular weight is 333 g/mol. The van der Waals surface area contributed by atoms with Crippen LogP contribution in [0.3, 0.4) is 0 Å². The fraction of sp³-hybridized carbons (Fsp3) is 0.0833. The van der Waals surface area contributed by atoms with Gasteiger partial charge in [-0.15, -0.1) is 0 Å². The number of benzene rings is 1. The number of alkyl halides is 3. The van der Waals surface area contributed by atoms with Crippen molar-refractivity contribution in [1.29, 1.82) is 0 Å². The maximum atomic E-state index is 13.0. The van der Waals surface area contributed by atoms with E-state index in [1.165, 1.54) is 12.1 Å². The molecule has 0 aliphatic heterocycles. The zero-order chi connectivity index (χ0) is 15.2. The third-order valence-electron chi connectivity index (χ3n) is 2.74. The maximum Gasteiger partial charge on any atom is 0.434 e. The van der Waals surface area contributed by atoms with Gasteiger partial charge in [-0.3, -0.25) is 0 Å². The lowest BCUT2D eigenvalue weighted by molar-refractivity contribution is -0.140. The summed E-state index contributed by atoms with van der Waals surface area (Å²) in [4.78, 5) is 13.7. The number of nitrogens with one attached hydrogen (secondary N) is 1. The second-order valence-corrected chi connectivity index (χ2v) is 5.00. The van der Waals surface area contributed by atoms with Gasteiger partial charge in [0.2, 0.25) is 0 Å². The lowest BCUT2D eigenvalue weighted by atomic mass is 10.2. The van der Waals surface area contributed by atoms with Crippen LogP contribution in [0.4, 0.5) is 13.2 Å². The zero-order valence-electron chi connectivity index (χ0n) is 10.0. The van der Waals surface area contributed by atoms with Gasteiger partial charge < -0.3 is 4.98 Å². The third-order valence-corrected chi connectivity index (χ3v) is 3.25. The number of aromatic amines is 1. The molecule has 0 unspecified atom stereocenters. The van der Waals surface area contributed by atoms with Crippen molar-refractivity contribution in [3.8, 4) is 11.4 Å². The van der Waals surface area contributed by atoms with E-state index in [4.69, 9.17) is 23.2 Å². The first kappa shape index (κ1) is 14.1. The molecular formula is C12H5Cl2F3N4. The van der Waals surface area contributed by atoms with E-state index in [1.807, 2.05) is 0 Å². The van der Waals surface area contributed by atoms with Crippen molar-refractivity contribution in [2.75, 3.05) is 0 Å². The maximum absolute atomic E-state index is 13.0. The van der Waals surface area contributed by atoms with Gasteiger partial charge >= 0.3 is 6.18 Å². The monoisotopic (exact) mass is 332 g/mol. The topological polar surface area (TPSA) is 54.5 Å². The molecule has 0 spiro atoms. The lowest BCUT2D eigenvalue weighted by Gasteiger charge is -2.08. The first-order chi connectivity index (χ1) is 9.86. The standard InChI is InChI=1S/C12H5Cl2F3N4/c13-5-1-7(14)9-8(2-5)20-11(21-9)6-3-18-4-19-10(6)12(15,16)17/h1-4H,(H,20,21). The number of hydrogen-bond acceptors (Lipinski definition) is 3. The minimum atomic E-state index is -4.61. The largest absolute Gasteiger partial charge is 0.434 e. The fourth-order valence-electron chi connectivity index (χ4n) is 1.90. The van der Waals surface area contributed by atoms with Crippen molar-refractivity contribution in [2.24, 2.45) is 0 Å². The van der Waals surface area contributed by atoms with Gasteiger partial charge in [0.1, 0.15) is 17.7 Å². The van der Waals surface area contributed by atoms with Gasteiger partial charge in [-0.25, -0.2) is 15.0 Å². The molecule has 0 amide bonds. The van der Waals surface area contributed by atoms with Crippen LogP contribution in [-0.2, 0) is 6.18 Å². The van der Waals surface area contributed by atoms with Crippen LogP contribution in [0.1, 0.15) is 5.69 Å². The molecule has 0 radical (unpaired) electrons. The molecule has 2 aromatic heterocycles. The summed E-state index contributed by atoms with van der Waals surface area (Å²) in [6.45, 7) is 0. The van der Waals surface area contributed by atoms with E-state index in [2.05, 4.69) is 19.9 Å². The van der Waals surface area contributed by atoms with E-state index in [0.717, 1.165) is 12.5 Å². The second-order valence-electron chi connectivity index (χ2n) is 4.15. The molecule has 0 bridgehead atoms.